The Hall–Kier alpha value is -2.50. The molecule has 3 saturated heterocycles. The smallest absolute Gasteiger partial charge is 0.318 e. The summed E-state index contributed by atoms with van der Waals surface area (Å²) in [4.78, 5) is 17.6. The molecular weight excluding hydrogens is 338 g/mol. The molecule has 4 heterocycles. The van der Waals surface area contributed by atoms with Crippen molar-refractivity contribution in [3.05, 3.63) is 48.3 Å². The minimum absolute atomic E-state index is 0.0757. The maximum Gasteiger partial charge on any atom is 0.318 e. The Morgan fingerprint density at radius 2 is 2.04 bits per heavy atom. The Balaban J connectivity index is 1.28. The zero-order valence-corrected chi connectivity index (χ0v) is 15.8. The van der Waals surface area contributed by atoms with Crippen molar-refractivity contribution in [3.8, 4) is 0 Å². The van der Waals surface area contributed by atoms with Crippen LogP contribution in [0.5, 0.6) is 0 Å². The zero-order chi connectivity index (χ0) is 18.4. The number of hydrogen-bond acceptors (Lipinski definition) is 3. The summed E-state index contributed by atoms with van der Waals surface area (Å²) in [6.45, 7) is 2.77. The monoisotopic (exact) mass is 365 g/mol. The second-order valence-electron chi connectivity index (χ2n) is 8.39. The summed E-state index contributed by atoms with van der Waals surface area (Å²) < 4.78 is 1.83. The standard InChI is InChI=1S/C21H27N5O/c1-24-15-19(12-22-24)25-9-5-8-18(14-25)23-20(27)26-13-16-10-21(26,11-16)17-6-3-2-4-7-17/h2-4,6-7,12,15-16,18H,5,8-11,13-14H2,1H3,(H,23,27). The lowest BCUT2D eigenvalue weighted by Gasteiger charge is -2.43. The Bertz CT molecular complexity index is 826. The largest absolute Gasteiger partial charge is 0.367 e. The number of nitrogens with one attached hydrogen (secondary N) is 1. The van der Waals surface area contributed by atoms with Crippen LogP contribution in [0.25, 0.3) is 0 Å². The molecule has 142 valence electrons. The van der Waals surface area contributed by atoms with Crippen LogP contribution in [0.3, 0.4) is 0 Å². The Kier molecular flexibility index (Phi) is 3.88. The number of carbonyl (C=O) groups is 1. The average molecular weight is 365 g/mol. The van der Waals surface area contributed by atoms with Gasteiger partial charge in [-0.25, -0.2) is 4.79 Å². The van der Waals surface area contributed by atoms with Crippen LogP contribution in [0.4, 0.5) is 10.5 Å². The maximum absolute atomic E-state index is 13.2. The van der Waals surface area contributed by atoms with Gasteiger partial charge in [-0.1, -0.05) is 30.3 Å². The molecule has 0 spiro atoms. The van der Waals surface area contributed by atoms with E-state index in [0.29, 0.717) is 5.92 Å². The quantitative estimate of drug-likeness (QED) is 0.910. The van der Waals surface area contributed by atoms with Crippen LogP contribution in [0.15, 0.2) is 42.7 Å². The van der Waals surface area contributed by atoms with Crippen LogP contribution < -0.4 is 10.2 Å². The van der Waals surface area contributed by atoms with Crippen molar-refractivity contribution in [2.75, 3.05) is 24.5 Å². The number of amides is 2. The van der Waals surface area contributed by atoms with Crippen LogP contribution in [0, 0.1) is 5.92 Å². The highest BCUT2D eigenvalue weighted by Gasteiger charge is 2.58. The van der Waals surface area contributed by atoms with Crippen molar-refractivity contribution in [3.63, 3.8) is 0 Å². The summed E-state index contributed by atoms with van der Waals surface area (Å²) in [6, 6.07) is 10.9. The number of fused-ring (bicyclic) bond motifs is 1. The predicted molar refractivity (Wildman–Crippen MR) is 105 cm³/mol. The number of aryl methyl sites for hydroxylation is 1. The fraction of sp³-hybridized carbons (Fsp3) is 0.524. The SMILES string of the molecule is Cn1cc(N2CCCC(NC(=O)N3CC4CC3(c3ccccc3)C4)C2)cn1. The molecule has 6 heteroatoms. The number of hydrogen-bond donors (Lipinski definition) is 1. The number of benzene rings is 1. The minimum Gasteiger partial charge on any atom is -0.367 e. The highest BCUT2D eigenvalue weighted by atomic mass is 16.2. The van der Waals surface area contributed by atoms with Gasteiger partial charge >= 0.3 is 6.03 Å². The molecule has 6 rings (SSSR count). The molecule has 4 aliphatic rings. The first-order valence-electron chi connectivity index (χ1n) is 10.0. The third-order valence-electron chi connectivity index (χ3n) is 6.57. The number of nitrogens with zero attached hydrogens (tertiary/aromatic N) is 4. The minimum atomic E-state index is -0.0757. The number of piperidine rings is 1. The molecule has 0 radical (unpaired) electrons. The van der Waals surface area contributed by atoms with Gasteiger partial charge in [-0.2, -0.15) is 5.10 Å². The third-order valence-corrected chi connectivity index (χ3v) is 6.57. The van der Waals surface area contributed by atoms with Crippen molar-refractivity contribution >= 4 is 11.7 Å². The lowest BCUT2D eigenvalue weighted by molar-refractivity contribution is 0.118. The lowest BCUT2D eigenvalue weighted by Crippen LogP contribution is -2.54. The summed E-state index contributed by atoms with van der Waals surface area (Å²) in [5.74, 6) is 0.661. The molecule has 1 atom stereocenters. The molecule has 1 N–H and O–H groups in total. The van der Waals surface area contributed by atoms with Gasteiger partial charge in [0, 0.05) is 38.9 Å². The Morgan fingerprint density at radius 3 is 2.78 bits per heavy atom. The summed E-state index contributed by atoms with van der Waals surface area (Å²) >= 11 is 0. The number of anilines is 1. The van der Waals surface area contributed by atoms with Crippen molar-refractivity contribution < 1.29 is 4.79 Å². The van der Waals surface area contributed by atoms with E-state index in [1.807, 2.05) is 30.2 Å². The van der Waals surface area contributed by atoms with Gasteiger partial charge in [-0.15, -0.1) is 0 Å². The summed E-state index contributed by atoms with van der Waals surface area (Å²) in [6.07, 6.45) is 8.30. The first-order valence-corrected chi connectivity index (χ1v) is 10.0. The van der Waals surface area contributed by atoms with Crippen molar-refractivity contribution in [1.29, 1.82) is 0 Å². The van der Waals surface area contributed by atoms with Crippen LogP contribution in [0.1, 0.15) is 31.2 Å². The Morgan fingerprint density at radius 1 is 1.22 bits per heavy atom. The van der Waals surface area contributed by atoms with E-state index in [1.165, 1.54) is 5.56 Å². The maximum atomic E-state index is 13.2. The number of carbonyl (C=O) groups excluding carboxylic acids is 1. The van der Waals surface area contributed by atoms with Crippen molar-refractivity contribution in [2.24, 2.45) is 13.0 Å². The molecule has 1 aromatic heterocycles. The third kappa shape index (κ3) is 2.78. The van der Waals surface area contributed by atoms with Crippen LogP contribution in [-0.2, 0) is 12.6 Å². The molecule has 2 amide bonds. The summed E-state index contributed by atoms with van der Waals surface area (Å²) in [5.41, 5.74) is 2.35. The van der Waals surface area contributed by atoms with E-state index in [9.17, 15) is 4.79 Å². The molecule has 4 fully saturated rings. The fourth-order valence-corrected chi connectivity index (χ4v) is 5.25. The van der Waals surface area contributed by atoms with Gasteiger partial charge in [0.1, 0.15) is 0 Å². The molecule has 6 nitrogen and oxygen atoms in total. The van der Waals surface area contributed by atoms with Crippen LogP contribution >= 0.6 is 0 Å². The molecule has 1 saturated carbocycles. The number of aromatic nitrogens is 2. The van der Waals surface area contributed by atoms with E-state index < -0.39 is 0 Å². The fourth-order valence-electron chi connectivity index (χ4n) is 5.25. The predicted octanol–water partition coefficient (Wildman–Crippen LogP) is 2.72. The first-order chi connectivity index (χ1) is 13.1. The van der Waals surface area contributed by atoms with Crippen LogP contribution in [-0.4, -0.2) is 46.4 Å². The van der Waals surface area contributed by atoms with E-state index in [4.69, 9.17) is 0 Å². The topological polar surface area (TPSA) is 53.4 Å². The second kappa shape index (κ2) is 6.29. The molecule has 2 aromatic rings. The molecule has 1 unspecified atom stereocenters. The van der Waals surface area contributed by atoms with Gasteiger partial charge < -0.3 is 15.1 Å². The molecule has 27 heavy (non-hydrogen) atoms. The van der Waals surface area contributed by atoms with E-state index in [1.54, 1.807) is 0 Å². The van der Waals surface area contributed by atoms with Gasteiger partial charge in [0.25, 0.3) is 0 Å². The van der Waals surface area contributed by atoms with E-state index in [-0.39, 0.29) is 17.6 Å². The van der Waals surface area contributed by atoms with Crippen LogP contribution in [0.2, 0.25) is 0 Å². The number of rotatable bonds is 3. The summed E-state index contributed by atoms with van der Waals surface area (Å²) in [7, 11) is 1.94. The normalized spacial score (nSPS) is 29.5. The first kappa shape index (κ1) is 16.7. The highest BCUT2D eigenvalue weighted by molar-refractivity contribution is 5.77. The molecule has 1 aromatic carbocycles. The highest BCUT2D eigenvalue weighted by Crippen LogP contribution is 2.56. The van der Waals surface area contributed by atoms with E-state index in [0.717, 1.165) is 51.0 Å². The van der Waals surface area contributed by atoms with E-state index >= 15 is 0 Å². The summed E-state index contributed by atoms with van der Waals surface area (Å²) in [5, 5.41) is 7.62. The molecular formula is C21H27N5O. The molecule has 1 aliphatic carbocycles. The lowest BCUT2D eigenvalue weighted by atomic mass is 9.69. The molecule has 3 aliphatic heterocycles. The van der Waals surface area contributed by atoms with Crippen molar-refractivity contribution in [2.45, 2.75) is 37.3 Å². The van der Waals surface area contributed by atoms with Gasteiger partial charge in [0.05, 0.1) is 17.4 Å². The van der Waals surface area contributed by atoms with Gasteiger partial charge in [-0.3, -0.25) is 4.68 Å². The van der Waals surface area contributed by atoms with Gasteiger partial charge in [0.15, 0.2) is 0 Å². The van der Waals surface area contributed by atoms with Gasteiger partial charge in [-0.05, 0) is 37.2 Å². The van der Waals surface area contributed by atoms with E-state index in [2.05, 4.69) is 44.5 Å². The van der Waals surface area contributed by atoms with Gasteiger partial charge in [0.2, 0.25) is 0 Å². The average Bonchev–Trinajstić information content (AvgIpc) is 3.35. The van der Waals surface area contributed by atoms with Crippen molar-refractivity contribution in [1.82, 2.24) is 20.0 Å². The zero-order valence-electron chi connectivity index (χ0n) is 15.8. The number of urea groups is 1. The molecule has 2 bridgehead atoms. The Labute approximate surface area is 160 Å². The second-order valence-corrected chi connectivity index (χ2v) is 8.39.